The standard InChI is InChI=1S/C23H20F3N3O/c1-3-5-17-8-9-20(18(17)4-2)28-22(30)11-7-16-6-10-21(29-13-12-27-15-29)19(14-16)23(24,25)26/h3-6,10,12-15,20H,2,8-9H2,1H3,(H,28,30)/b5-3-. The van der Waals surface area contributed by atoms with Gasteiger partial charge in [0.05, 0.1) is 23.6 Å². The van der Waals surface area contributed by atoms with E-state index in [1.54, 1.807) is 6.08 Å². The van der Waals surface area contributed by atoms with Gasteiger partial charge in [-0.15, -0.1) is 0 Å². The zero-order valence-corrected chi connectivity index (χ0v) is 16.3. The summed E-state index contributed by atoms with van der Waals surface area (Å²) in [5.74, 6) is 4.37. The van der Waals surface area contributed by atoms with Gasteiger partial charge in [-0.05, 0) is 49.1 Å². The Morgan fingerprint density at radius 3 is 2.83 bits per heavy atom. The number of carbonyl (C=O) groups excluding carboxylic acids is 1. The summed E-state index contributed by atoms with van der Waals surface area (Å²) in [6, 6.07) is 3.49. The van der Waals surface area contributed by atoms with Crippen molar-refractivity contribution >= 4 is 5.91 Å². The first-order valence-electron chi connectivity index (χ1n) is 9.33. The Morgan fingerprint density at radius 1 is 1.40 bits per heavy atom. The summed E-state index contributed by atoms with van der Waals surface area (Å²) < 4.78 is 41.7. The third kappa shape index (κ3) is 4.71. The lowest BCUT2D eigenvalue weighted by Crippen LogP contribution is -2.33. The first kappa shape index (κ1) is 21.2. The molecule has 3 rings (SSSR count). The highest BCUT2D eigenvalue weighted by molar-refractivity contribution is 5.94. The summed E-state index contributed by atoms with van der Waals surface area (Å²) in [5.41, 5.74) is 1.24. The van der Waals surface area contributed by atoms with Crippen molar-refractivity contribution in [1.29, 1.82) is 0 Å². The van der Waals surface area contributed by atoms with Gasteiger partial charge >= 0.3 is 6.18 Å². The van der Waals surface area contributed by atoms with Crippen LogP contribution in [0.2, 0.25) is 0 Å². The molecule has 2 aromatic rings. The third-order valence-corrected chi connectivity index (χ3v) is 4.75. The van der Waals surface area contributed by atoms with Gasteiger partial charge in [0.1, 0.15) is 0 Å². The molecule has 0 saturated heterocycles. The number of benzene rings is 1. The summed E-state index contributed by atoms with van der Waals surface area (Å²) in [6.45, 7) is 5.71. The number of halogens is 3. The summed E-state index contributed by atoms with van der Waals surface area (Å²) in [5, 5.41) is 2.81. The van der Waals surface area contributed by atoms with Crippen LogP contribution in [-0.2, 0) is 11.0 Å². The Labute approximate surface area is 172 Å². The Hall–Kier alpha value is -3.53. The summed E-state index contributed by atoms with van der Waals surface area (Å²) in [6.07, 6.45) is 6.70. The maximum atomic E-state index is 13.5. The number of aromatic nitrogens is 2. The van der Waals surface area contributed by atoms with Crippen LogP contribution in [0, 0.1) is 11.8 Å². The molecule has 7 heteroatoms. The molecular weight excluding hydrogens is 391 g/mol. The molecule has 0 spiro atoms. The molecule has 1 atom stereocenters. The predicted octanol–water partition coefficient (Wildman–Crippen LogP) is 4.58. The number of hydrogen-bond donors (Lipinski definition) is 1. The second kappa shape index (κ2) is 8.87. The van der Waals surface area contributed by atoms with Crippen molar-refractivity contribution in [3.05, 3.63) is 84.0 Å². The number of nitrogens with one attached hydrogen (secondary N) is 1. The first-order chi connectivity index (χ1) is 14.3. The number of amides is 1. The van der Waals surface area contributed by atoms with Crippen molar-refractivity contribution in [2.24, 2.45) is 0 Å². The van der Waals surface area contributed by atoms with E-state index in [1.165, 1.54) is 35.4 Å². The average Bonchev–Trinajstić information content (AvgIpc) is 3.36. The van der Waals surface area contributed by atoms with Gasteiger partial charge in [0.25, 0.3) is 5.91 Å². The number of nitrogens with zero attached hydrogens (tertiary/aromatic N) is 2. The Morgan fingerprint density at radius 2 is 2.20 bits per heavy atom. The highest BCUT2D eigenvalue weighted by Gasteiger charge is 2.34. The van der Waals surface area contributed by atoms with Crippen molar-refractivity contribution in [3.8, 4) is 17.5 Å². The van der Waals surface area contributed by atoms with Crippen LogP contribution in [0.5, 0.6) is 0 Å². The van der Waals surface area contributed by atoms with E-state index < -0.39 is 17.6 Å². The lowest BCUT2D eigenvalue weighted by molar-refractivity contribution is -0.137. The molecule has 154 valence electrons. The molecule has 1 aliphatic rings. The summed E-state index contributed by atoms with van der Waals surface area (Å²) in [7, 11) is 0. The van der Waals surface area contributed by atoms with Crippen molar-refractivity contribution in [3.63, 3.8) is 0 Å². The number of rotatable bonds is 4. The SMILES string of the molecule is C=CC1=C(/C=C\C)CCC1NC(=O)C#Cc1ccc(-n2ccnc2)c(C(F)(F)F)c1. The topological polar surface area (TPSA) is 46.9 Å². The van der Waals surface area contributed by atoms with Crippen LogP contribution in [0.25, 0.3) is 5.69 Å². The Bertz CT molecular complexity index is 1070. The third-order valence-electron chi connectivity index (χ3n) is 4.75. The maximum Gasteiger partial charge on any atom is 0.418 e. The smallest absolute Gasteiger partial charge is 0.338 e. The van der Waals surface area contributed by atoms with Crippen molar-refractivity contribution in [2.75, 3.05) is 0 Å². The van der Waals surface area contributed by atoms with E-state index >= 15 is 0 Å². The molecule has 4 nitrogen and oxygen atoms in total. The maximum absolute atomic E-state index is 13.5. The van der Waals surface area contributed by atoms with Crippen LogP contribution in [-0.4, -0.2) is 21.5 Å². The minimum absolute atomic E-state index is 0.0572. The number of allylic oxidation sites excluding steroid dienone is 3. The van der Waals surface area contributed by atoms with Crippen LogP contribution in [0.3, 0.4) is 0 Å². The highest BCUT2D eigenvalue weighted by Crippen LogP contribution is 2.34. The van der Waals surface area contributed by atoms with Gasteiger partial charge in [-0.2, -0.15) is 13.2 Å². The lowest BCUT2D eigenvalue weighted by Gasteiger charge is -2.14. The van der Waals surface area contributed by atoms with E-state index in [-0.39, 0.29) is 17.3 Å². The number of alkyl halides is 3. The minimum Gasteiger partial charge on any atom is -0.338 e. The zero-order valence-electron chi connectivity index (χ0n) is 16.3. The molecule has 1 N–H and O–H groups in total. The fraction of sp³-hybridized carbons (Fsp3) is 0.217. The molecule has 0 saturated carbocycles. The average molecular weight is 411 g/mol. The Kier molecular flexibility index (Phi) is 6.26. The molecular formula is C23H20F3N3O. The van der Waals surface area contributed by atoms with Gasteiger partial charge in [-0.25, -0.2) is 4.98 Å². The number of hydrogen-bond acceptors (Lipinski definition) is 2. The van der Waals surface area contributed by atoms with E-state index in [9.17, 15) is 18.0 Å². The van der Waals surface area contributed by atoms with Crippen LogP contribution in [0.1, 0.15) is 30.9 Å². The monoisotopic (exact) mass is 411 g/mol. The van der Waals surface area contributed by atoms with Gasteiger partial charge in [0, 0.05) is 23.9 Å². The van der Waals surface area contributed by atoms with E-state index in [1.807, 2.05) is 19.1 Å². The van der Waals surface area contributed by atoms with Gasteiger partial charge in [-0.3, -0.25) is 4.79 Å². The summed E-state index contributed by atoms with van der Waals surface area (Å²) >= 11 is 0. The molecule has 1 heterocycles. The lowest BCUT2D eigenvalue weighted by atomic mass is 10.1. The molecule has 1 aliphatic carbocycles. The molecule has 1 aromatic carbocycles. The first-order valence-corrected chi connectivity index (χ1v) is 9.33. The number of imidazole rings is 1. The molecule has 1 unspecified atom stereocenters. The van der Waals surface area contributed by atoms with Crippen molar-refractivity contribution in [2.45, 2.75) is 32.0 Å². The van der Waals surface area contributed by atoms with Gasteiger partial charge in [0.15, 0.2) is 0 Å². The van der Waals surface area contributed by atoms with E-state index in [4.69, 9.17) is 0 Å². The fourth-order valence-electron chi connectivity index (χ4n) is 3.42. The molecule has 30 heavy (non-hydrogen) atoms. The normalized spacial score (nSPS) is 16.5. The minimum atomic E-state index is -4.57. The van der Waals surface area contributed by atoms with E-state index in [0.29, 0.717) is 0 Å². The van der Waals surface area contributed by atoms with Crippen LogP contribution in [0.4, 0.5) is 13.2 Å². The molecule has 1 amide bonds. The molecule has 0 aliphatic heterocycles. The van der Waals surface area contributed by atoms with Gasteiger partial charge < -0.3 is 9.88 Å². The largest absolute Gasteiger partial charge is 0.418 e. The second-order valence-electron chi connectivity index (χ2n) is 6.70. The Balaban J connectivity index is 1.81. The zero-order chi connectivity index (χ0) is 21.7. The van der Waals surface area contributed by atoms with Crippen LogP contribution >= 0.6 is 0 Å². The molecule has 0 fully saturated rings. The highest BCUT2D eigenvalue weighted by atomic mass is 19.4. The molecule has 0 radical (unpaired) electrons. The molecule has 1 aromatic heterocycles. The number of carbonyl (C=O) groups is 1. The van der Waals surface area contributed by atoms with Crippen molar-refractivity contribution < 1.29 is 18.0 Å². The van der Waals surface area contributed by atoms with E-state index in [0.717, 1.165) is 30.1 Å². The van der Waals surface area contributed by atoms with Crippen molar-refractivity contribution in [1.82, 2.24) is 14.9 Å². The van der Waals surface area contributed by atoms with Crippen LogP contribution in [0.15, 0.2) is 72.9 Å². The summed E-state index contributed by atoms with van der Waals surface area (Å²) in [4.78, 5) is 16.0. The van der Waals surface area contributed by atoms with Gasteiger partial charge in [-0.1, -0.05) is 30.7 Å². The van der Waals surface area contributed by atoms with E-state index in [2.05, 4.69) is 28.7 Å². The predicted molar refractivity (Wildman–Crippen MR) is 109 cm³/mol. The van der Waals surface area contributed by atoms with Gasteiger partial charge in [0.2, 0.25) is 0 Å². The van der Waals surface area contributed by atoms with Crippen LogP contribution < -0.4 is 5.32 Å². The molecule has 0 bridgehead atoms. The second-order valence-corrected chi connectivity index (χ2v) is 6.70. The fourth-order valence-corrected chi connectivity index (χ4v) is 3.42. The quantitative estimate of drug-likeness (QED) is 0.749.